The molecule has 4 nitrogen and oxygen atoms in total. The summed E-state index contributed by atoms with van der Waals surface area (Å²) in [5.41, 5.74) is 3.56. The van der Waals surface area contributed by atoms with Gasteiger partial charge in [0.25, 0.3) is 0 Å². The molecular weight excluding hydrogens is 388 g/mol. The summed E-state index contributed by atoms with van der Waals surface area (Å²) in [4.78, 5) is 5.24. The Bertz CT molecular complexity index is 664. The Morgan fingerprint density at radius 1 is 1.30 bits per heavy atom. The summed E-state index contributed by atoms with van der Waals surface area (Å²) in [6.45, 7) is 17.4. The molecule has 3 rings (SSSR count). The molecule has 0 amide bonds. The van der Waals surface area contributed by atoms with Crippen LogP contribution in [0.5, 0.6) is 0 Å². The monoisotopic (exact) mass is 425 g/mol. The van der Waals surface area contributed by atoms with Crippen LogP contribution in [0.4, 0.5) is 8.78 Å². The van der Waals surface area contributed by atoms with Crippen molar-refractivity contribution in [1.82, 2.24) is 5.48 Å². The molecule has 2 fully saturated rings. The number of benzene rings is 1. The van der Waals surface area contributed by atoms with Gasteiger partial charge in [0.05, 0.1) is 25.4 Å². The highest BCUT2D eigenvalue weighted by Crippen LogP contribution is 2.40. The maximum absolute atomic E-state index is 13.9. The second-order valence-electron chi connectivity index (χ2n) is 6.23. The third kappa shape index (κ3) is 8.11. The van der Waals surface area contributed by atoms with Crippen molar-refractivity contribution in [3.63, 3.8) is 0 Å². The molecule has 2 heterocycles. The zero-order valence-corrected chi connectivity index (χ0v) is 19.0. The predicted octanol–water partition coefficient (Wildman–Crippen LogP) is 5.72. The highest BCUT2D eigenvalue weighted by molar-refractivity contribution is 5.29. The molecule has 2 aliphatic rings. The molecule has 6 heteroatoms. The quantitative estimate of drug-likeness (QED) is 0.613. The second kappa shape index (κ2) is 15.9. The van der Waals surface area contributed by atoms with E-state index in [4.69, 9.17) is 14.3 Å². The number of methoxy groups -OCH3 is 1. The molecule has 2 atom stereocenters. The van der Waals surface area contributed by atoms with Gasteiger partial charge in [0.1, 0.15) is 11.6 Å². The highest BCUT2D eigenvalue weighted by atomic mass is 19.1. The molecular formula is C24H37F2NO3. The average Bonchev–Trinajstić information content (AvgIpc) is 3.20. The van der Waals surface area contributed by atoms with Crippen molar-refractivity contribution in [3.05, 3.63) is 72.4 Å². The highest BCUT2D eigenvalue weighted by Gasteiger charge is 2.49. The van der Waals surface area contributed by atoms with E-state index in [9.17, 15) is 8.78 Å². The van der Waals surface area contributed by atoms with E-state index >= 15 is 0 Å². The van der Waals surface area contributed by atoms with Crippen LogP contribution < -0.4 is 5.48 Å². The van der Waals surface area contributed by atoms with Crippen molar-refractivity contribution in [2.75, 3.05) is 33.5 Å². The summed E-state index contributed by atoms with van der Waals surface area (Å²) in [5.74, 6) is -0.968. The lowest BCUT2D eigenvalue weighted by atomic mass is 9.77. The first-order chi connectivity index (χ1) is 14.5. The largest absolute Gasteiger partial charge is 0.380 e. The van der Waals surface area contributed by atoms with Crippen molar-refractivity contribution in [2.45, 2.75) is 39.7 Å². The van der Waals surface area contributed by atoms with Gasteiger partial charge in [-0.3, -0.25) is 0 Å². The smallest absolute Gasteiger partial charge is 0.131 e. The Hall–Kier alpha value is -1.86. The molecule has 0 spiro atoms. The number of rotatable bonds is 5. The van der Waals surface area contributed by atoms with Crippen molar-refractivity contribution in [2.24, 2.45) is 5.92 Å². The summed E-state index contributed by atoms with van der Waals surface area (Å²) in [7, 11) is 1.65. The minimum Gasteiger partial charge on any atom is -0.380 e. The van der Waals surface area contributed by atoms with Crippen LogP contribution in [0.15, 0.2) is 55.2 Å². The maximum atomic E-state index is 13.9. The molecule has 30 heavy (non-hydrogen) atoms. The van der Waals surface area contributed by atoms with Crippen LogP contribution in [0.25, 0.3) is 0 Å². The van der Waals surface area contributed by atoms with Gasteiger partial charge in [-0.2, -0.15) is 5.48 Å². The zero-order valence-electron chi connectivity index (χ0n) is 19.0. The number of allylic oxidation sites excluding steroid dienone is 2. The van der Waals surface area contributed by atoms with Crippen LogP contribution in [-0.4, -0.2) is 33.5 Å². The van der Waals surface area contributed by atoms with Crippen molar-refractivity contribution in [3.8, 4) is 0 Å². The van der Waals surface area contributed by atoms with E-state index in [2.05, 4.69) is 18.6 Å². The van der Waals surface area contributed by atoms with Crippen molar-refractivity contribution < 1.29 is 23.1 Å². The summed E-state index contributed by atoms with van der Waals surface area (Å²) >= 11 is 0. The molecule has 2 unspecified atom stereocenters. The summed E-state index contributed by atoms with van der Waals surface area (Å²) in [6.07, 6.45) is 6.22. The first-order valence-corrected chi connectivity index (χ1v) is 10.4. The Labute approximate surface area is 180 Å². The van der Waals surface area contributed by atoms with E-state index in [1.807, 2.05) is 39.8 Å². The SMILES string of the molecule is C=C/C=C\C(=C)COC.CC.CC.Fc1ccc(C23COCCC2CON3)c(F)c1. The Morgan fingerprint density at radius 3 is 2.60 bits per heavy atom. The molecule has 0 aliphatic carbocycles. The molecule has 170 valence electrons. The normalized spacial score (nSPS) is 21.8. The molecule has 0 bridgehead atoms. The van der Waals surface area contributed by atoms with Crippen molar-refractivity contribution in [1.29, 1.82) is 0 Å². The Kier molecular flexibility index (Phi) is 14.9. The Morgan fingerprint density at radius 2 is 2.00 bits per heavy atom. The van der Waals surface area contributed by atoms with E-state index < -0.39 is 17.2 Å². The molecule has 0 aromatic heterocycles. The lowest BCUT2D eigenvalue weighted by Gasteiger charge is -2.37. The summed E-state index contributed by atoms with van der Waals surface area (Å²) < 4.78 is 37.0. The fraction of sp³-hybridized carbons (Fsp3) is 0.500. The predicted molar refractivity (Wildman–Crippen MR) is 119 cm³/mol. The number of hydrogen-bond acceptors (Lipinski definition) is 4. The lowest BCUT2D eigenvalue weighted by molar-refractivity contribution is -0.0226. The lowest BCUT2D eigenvalue weighted by Crippen LogP contribution is -2.49. The van der Waals surface area contributed by atoms with Crippen LogP contribution in [0.3, 0.4) is 0 Å². The average molecular weight is 426 g/mol. The Balaban J connectivity index is 0.000000555. The minimum absolute atomic E-state index is 0.163. The van der Waals surface area contributed by atoms with Gasteiger partial charge in [-0.15, -0.1) is 0 Å². The van der Waals surface area contributed by atoms with E-state index in [1.54, 1.807) is 13.2 Å². The van der Waals surface area contributed by atoms with E-state index in [0.717, 1.165) is 18.1 Å². The second-order valence-corrected chi connectivity index (χ2v) is 6.23. The molecule has 0 saturated carbocycles. The first-order valence-electron chi connectivity index (χ1n) is 10.4. The molecule has 0 radical (unpaired) electrons. The van der Waals surface area contributed by atoms with Crippen molar-refractivity contribution >= 4 is 0 Å². The van der Waals surface area contributed by atoms with Gasteiger partial charge < -0.3 is 14.3 Å². The van der Waals surface area contributed by atoms with Crippen LogP contribution in [0.1, 0.15) is 39.7 Å². The summed E-state index contributed by atoms with van der Waals surface area (Å²) in [6, 6.07) is 3.63. The van der Waals surface area contributed by atoms with Gasteiger partial charge in [0.15, 0.2) is 0 Å². The van der Waals surface area contributed by atoms with Gasteiger partial charge >= 0.3 is 0 Å². The number of ether oxygens (including phenoxy) is 2. The van der Waals surface area contributed by atoms with Crippen LogP contribution in [0.2, 0.25) is 0 Å². The van der Waals surface area contributed by atoms with Crippen LogP contribution in [-0.2, 0) is 19.9 Å². The number of fused-ring (bicyclic) bond motifs is 1. The molecule has 1 aromatic carbocycles. The fourth-order valence-electron chi connectivity index (χ4n) is 3.07. The van der Waals surface area contributed by atoms with Crippen LogP contribution in [0, 0.1) is 17.6 Å². The van der Waals surface area contributed by atoms with Crippen LogP contribution >= 0.6 is 0 Å². The van der Waals surface area contributed by atoms with Gasteiger partial charge in [0, 0.05) is 31.3 Å². The topological polar surface area (TPSA) is 39.7 Å². The minimum atomic E-state index is -0.671. The maximum Gasteiger partial charge on any atom is 0.131 e. The van der Waals surface area contributed by atoms with E-state index in [1.165, 1.54) is 12.1 Å². The molecule has 1 N–H and O–H groups in total. The number of halogens is 2. The number of nitrogens with one attached hydrogen (secondary N) is 1. The third-order valence-corrected chi connectivity index (χ3v) is 4.39. The molecule has 2 saturated heterocycles. The van der Waals surface area contributed by atoms with E-state index in [-0.39, 0.29) is 5.92 Å². The summed E-state index contributed by atoms with van der Waals surface area (Å²) in [5, 5.41) is 0. The van der Waals surface area contributed by atoms with Gasteiger partial charge in [-0.1, -0.05) is 65.1 Å². The first kappa shape index (κ1) is 28.1. The van der Waals surface area contributed by atoms with Gasteiger partial charge in [-0.25, -0.2) is 8.78 Å². The standard InChI is InChI=1S/C12H13F2NO2.C8H12O.2C2H6/c13-9-1-2-10(11(14)5-9)12-7-16-4-3-8(12)6-17-15-12;1-4-5-6-8(2)7-9-3;2*1-2/h1-2,5,8,15H,3-4,6-7H2;4-6H,1-2,7H2,3H3;2*1-2H3/b;6-5-;;. The number of hydroxylamine groups is 1. The molecule has 1 aromatic rings. The molecule has 2 aliphatic heterocycles. The van der Waals surface area contributed by atoms with E-state index in [0.29, 0.717) is 32.0 Å². The number of hydrogen-bond donors (Lipinski definition) is 1. The van der Waals surface area contributed by atoms with Gasteiger partial charge in [-0.05, 0) is 18.1 Å². The van der Waals surface area contributed by atoms with Gasteiger partial charge in [0.2, 0.25) is 0 Å². The fourth-order valence-corrected chi connectivity index (χ4v) is 3.07. The third-order valence-electron chi connectivity index (χ3n) is 4.39. The zero-order chi connectivity index (χ0) is 23.0.